The number of aryl methyl sites for hydroxylation is 2. The molecule has 0 radical (unpaired) electrons. The first-order valence-corrected chi connectivity index (χ1v) is 10.1. The molecular formula is C22H37NO. The number of rotatable bonds is 9. The minimum atomic E-state index is -0.460. The van der Waals surface area contributed by atoms with E-state index < -0.39 is 5.54 Å². The van der Waals surface area contributed by atoms with Gasteiger partial charge in [0, 0.05) is 5.54 Å². The Morgan fingerprint density at radius 2 is 1.88 bits per heavy atom. The predicted octanol–water partition coefficient (Wildman–Crippen LogP) is 4.79. The van der Waals surface area contributed by atoms with E-state index in [0.717, 1.165) is 19.3 Å². The highest BCUT2D eigenvalue weighted by Crippen LogP contribution is 2.31. The van der Waals surface area contributed by atoms with Crippen LogP contribution in [-0.4, -0.2) is 17.3 Å². The molecule has 2 rings (SSSR count). The fraction of sp³-hybridized carbons (Fsp3) is 0.727. The average Bonchev–Trinajstić information content (AvgIpc) is 2.80. The topological polar surface area (TPSA) is 46.2 Å². The smallest absolute Gasteiger partial charge is 0.0611 e. The minimum absolute atomic E-state index is 0.0725. The zero-order chi connectivity index (χ0) is 17.4. The summed E-state index contributed by atoms with van der Waals surface area (Å²) in [4.78, 5) is 0. The predicted molar refractivity (Wildman–Crippen MR) is 103 cm³/mol. The molecule has 0 heterocycles. The van der Waals surface area contributed by atoms with Gasteiger partial charge in [-0.05, 0) is 68.1 Å². The van der Waals surface area contributed by atoms with Gasteiger partial charge < -0.3 is 10.8 Å². The van der Waals surface area contributed by atoms with Crippen LogP contribution >= 0.6 is 0 Å². The Labute approximate surface area is 148 Å². The number of unbranched alkanes of at least 4 members (excludes halogenated alkanes) is 5. The highest BCUT2D eigenvalue weighted by atomic mass is 16.3. The maximum absolute atomic E-state index is 9.58. The summed E-state index contributed by atoms with van der Waals surface area (Å²) < 4.78 is 0. The Kier molecular flexibility index (Phi) is 7.77. The maximum Gasteiger partial charge on any atom is 0.0611 e. The third-order valence-corrected chi connectivity index (χ3v) is 5.83. The Morgan fingerprint density at radius 3 is 2.62 bits per heavy atom. The fourth-order valence-electron chi connectivity index (χ4n) is 3.97. The molecule has 3 N–H and O–H groups in total. The van der Waals surface area contributed by atoms with E-state index in [4.69, 9.17) is 5.73 Å². The molecule has 0 fully saturated rings. The molecule has 1 aromatic carbocycles. The number of hydrogen-bond acceptors (Lipinski definition) is 2. The molecule has 1 aromatic rings. The van der Waals surface area contributed by atoms with Gasteiger partial charge in [-0.1, -0.05) is 57.2 Å². The largest absolute Gasteiger partial charge is 0.394 e. The normalized spacial score (nSPS) is 20.2. The van der Waals surface area contributed by atoms with Gasteiger partial charge in [-0.15, -0.1) is 0 Å². The maximum atomic E-state index is 9.58. The third kappa shape index (κ3) is 5.60. The van der Waals surface area contributed by atoms with Crippen molar-refractivity contribution in [2.75, 3.05) is 6.61 Å². The van der Waals surface area contributed by atoms with Crippen molar-refractivity contribution in [3.8, 4) is 0 Å². The molecule has 0 aliphatic heterocycles. The first kappa shape index (κ1) is 19.5. The van der Waals surface area contributed by atoms with Crippen molar-refractivity contribution < 1.29 is 5.11 Å². The monoisotopic (exact) mass is 331 g/mol. The van der Waals surface area contributed by atoms with E-state index in [-0.39, 0.29) is 6.61 Å². The second kappa shape index (κ2) is 9.58. The van der Waals surface area contributed by atoms with Crippen molar-refractivity contribution in [1.82, 2.24) is 0 Å². The van der Waals surface area contributed by atoms with Crippen molar-refractivity contribution in [2.45, 2.75) is 90.0 Å². The van der Waals surface area contributed by atoms with Crippen LogP contribution in [0.15, 0.2) is 18.2 Å². The summed E-state index contributed by atoms with van der Waals surface area (Å²) >= 11 is 0. The Bertz CT molecular complexity index is 495. The number of fused-ring (bicyclic) bond motifs is 1. The van der Waals surface area contributed by atoms with Crippen LogP contribution in [0.1, 0.15) is 81.9 Å². The van der Waals surface area contributed by atoms with Gasteiger partial charge in [-0.2, -0.15) is 0 Å². The summed E-state index contributed by atoms with van der Waals surface area (Å²) in [6, 6.07) is 7.09. The number of aliphatic hydroxyl groups is 1. The molecule has 0 spiro atoms. The number of nitrogens with two attached hydrogens (primary N) is 1. The van der Waals surface area contributed by atoms with E-state index in [1.165, 1.54) is 68.1 Å². The lowest BCUT2D eigenvalue weighted by Crippen LogP contribution is -2.48. The van der Waals surface area contributed by atoms with E-state index in [0.29, 0.717) is 5.92 Å². The van der Waals surface area contributed by atoms with Gasteiger partial charge in [0.1, 0.15) is 0 Å². The van der Waals surface area contributed by atoms with E-state index in [2.05, 4.69) is 25.1 Å². The van der Waals surface area contributed by atoms with E-state index >= 15 is 0 Å². The van der Waals surface area contributed by atoms with Gasteiger partial charge in [-0.3, -0.25) is 0 Å². The van der Waals surface area contributed by atoms with Crippen LogP contribution < -0.4 is 5.73 Å². The van der Waals surface area contributed by atoms with E-state index in [1.54, 1.807) is 0 Å². The quantitative estimate of drug-likeness (QED) is 0.504. The zero-order valence-corrected chi connectivity index (χ0v) is 15.8. The molecule has 136 valence electrons. The van der Waals surface area contributed by atoms with Crippen molar-refractivity contribution in [3.63, 3.8) is 0 Å². The first-order valence-electron chi connectivity index (χ1n) is 10.1. The molecule has 2 nitrogen and oxygen atoms in total. The summed E-state index contributed by atoms with van der Waals surface area (Å²) in [5, 5.41) is 9.58. The number of aliphatic hydroxyl groups excluding tert-OH is 1. The minimum Gasteiger partial charge on any atom is -0.394 e. The standard InChI is InChI=1S/C22H37NO/c1-3-4-5-6-7-8-10-18-13-14-20-16-21(22(2,23)17-24)12-9-11-19(20)15-18/h13-15,21,24H,3-12,16-17,23H2,1-2H3/t21-,22+/m1/s1. The van der Waals surface area contributed by atoms with Crippen LogP contribution in [0.25, 0.3) is 0 Å². The molecule has 0 aromatic heterocycles. The van der Waals surface area contributed by atoms with Crippen LogP contribution in [0, 0.1) is 5.92 Å². The zero-order valence-electron chi connectivity index (χ0n) is 15.8. The Balaban J connectivity index is 1.90. The average molecular weight is 332 g/mol. The number of hydrogen-bond donors (Lipinski definition) is 2. The van der Waals surface area contributed by atoms with Gasteiger partial charge in [0.05, 0.1) is 6.61 Å². The molecule has 2 heteroatoms. The highest BCUT2D eigenvalue weighted by molar-refractivity contribution is 5.34. The van der Waals surface area contributed by atoms with Crippen molar-refractivity contribution in [1.29, 1.82) is 0 Å². The molecule has 0 saturated heterocycles. The van der Waals surface area contributed by atoms with Gasteiger partial charge in [0.15, 0.2) is 0 Å². The lowest BCUT2D eigenvalue weighted by molar-refractivity contribution is 0.148. The van der Waals surface area contributed by atoms with Crippen LogP contribution in [0.5, 0.6) is 0 Å². The molecule has 0 bridgehead atoms. The summed E-state index contributed by atoms with van der Waals surface area (Å²) in [7, 11) is 0. The molecule has 24 heavy (non-hydrogen) atoms. The van der Waals surface area contributed by atoms with Gasteiger partial charge in [-0.25, -0.2) is 0 Å². The molecule has 0 saturated carbocycles. The summed E-state index contributed by atoms with van der Waals surface area (Å²) in [5.74, 6) is 0.383. The van der Waals surface area contributed by atoms with Crippen molar-refractivity contribution in [2.24, 2.45) is 11.7 Å². The van der Waals surface area contributed by atoms with Gasteiger partial charge in [0.2, 0.25) is 0 Å². The highest BCUT2D eigenvalue weighted by Gasteiger charge is 2.31. The van der Waals surface area contributed by atoms with Crippen molar-refractivity contribution in [3.05, 3.63) is 34.9 Å². The summed E-state index contributed by atoms with van der Waals surface area (Å²) in [6.07, 6.45) is 13.9. The lowest BCUT2D eigenvalue weighted by Gasteiger charge is -2.32. The fourth-order valence-corrected chi connectivity index (χ4v) is 3.97. The second-order valence-corrected chi connectivity index (χ2v) is 8.08. The number of benzene rings is 1. The lowest BCUT2D eigenvalue weighted by atomic mass is 9.80. The van der Waals surface area contributed by atoms with E-state index in [1.807, 2.05) is 6.92 Å². The molecule has 0 unspecified atom stereocenters. The molecule has 1 aliphatic carbocycles. The Hall–Kier alpha value is -0.860. The van der Waals surface area contributed by atoms with Crippen LogP contribution in [0.3, 0.4) is 0 Å². The van der Waals surface area contributed by atoms with E-state index in [9.17, 15) is 5.11 Å². The van der Waals surface area contributed by atoms with Crippen LogP contribution in [0.2, 0.25) is 0 Å². The third-order valence-electron chi connectivity index (χ3n) is 5.83. The molecule has 1 aliphatic rings. The summed E-state index contributed by atoms with van der Waals surface area (Å²) in [5.41, 5.74) is 10.3. The van der Waals surface area contributed by atoms with Gasteiger partial charge >= 0.3 is 0 Å². The molecule has 0 amide bonds. The SMILES string of the molecule is CCCCCCCCc1ccc2c(c1)CCC[C@@H]([C@@](C)(N)CO)C2. The first-order chi connectivity index (χ1) is 11.6. The van der Waals surface area contributed by atoms with Crippen LogP contribution in [-0.2, 0) is 19.3 Å². The molecule has 2 atom stereocenters. The van der Waals surface area contributed by atoms with Gasteiger partial charge in [0.25, 0.3) is 0 Å². The second-order valence-electron chi connectivity index (χ2n) is 8.08. The van der Waals surface area contributed by atoms with Crippen molar-refractivity contribution >= 4 is 0 Å². The van der Waals surface area contributed by atoms with Crippen LogP contribution in [0.4, 0.5) is 0 Å². The Morgan fingerprint density at radius 1 is 1.12 bits per heavy atom. The molecular weight excluding hydrogens is 294 g/mol. The summed E-state index contributed by atoms with van der Waals surface area (Å²) in [6.45, 7) is 4.34.